The van der Waals surface area contributed by atoms with Crippen LogP contribution < -0.4 is 11.0 Å². The van der Waals surface area contributed by atoms with Crippen molar-refractivity contribution in [1.82, 2.24) is 19.8 Å². The number of fused-ring (bicyclic) bond motifs is 2. The molecule has 2 N–H and O–H groups in total. The molecule has 1 aliphatic rings. The fourth-order valence-corrected chi connectivity index (χ4v) is 2.67. The summed E-state index contributed by atoms with van der Waals surface area (Å²) in [4.78, 5) is 11.5. The first-order chi connectivity index (χ1) is 9.81. The first kappa shape index (κ1) is 11.2. The molecule has 0 saturated heterocycles. The molecule has 1 aromatic carbocycles. The van der Waals surface area contributed by atoms with E-state index in [0.717, 1.165) is 13.0 Å². The maximum absolute atomic E-state index is 11.5. The number of aromatic amines is 1. The standard InChI is InChI=1S/C14H13N5O/c20-14-17-16-13-6-5-12(18-19(13)14)15-8-10-7-9-3-1-2-4-11(9)10/h1-6,10H,7-8H2,(H,15,18)(H,17,20). The van der Waals surface area contributed by atoms with Gasteiger partial charge in [0.2, 0.25) is 0 Å². The molecule has 2 heterocycles. The molecule has 3 aromatic rings. The smallest absolute Gasteiger partial charge is 0.364 e. The van der Waals surface area contributed by atoms with Crippen LogP contribution in [0.15, 0.2) is 41.2 Å². The number of aromatic nitrogens is 4. The van der Waals surface area contributed by atoms with Crippen molar-refractivity contribution < 1.29 is 0 Å². The summed E-state index contributed by atoms with van der Waals surface area (Å²) >= 11 is 0. The van der Waals surface area contributed by atoms with Crippen LogP contribution >= 0.6 is 0 Å². The fourth-order valence-electron chi connectivity index (χ4n) is 2.67. The van der Waals surface area contributed by atoms with Crippen molar-refractivity contribution in [2.45, 2.75) is 12.3 Å². The molecule has 1 aliphatic carbocycles. The lowest BCUT2D eigenvalue weighted by molar-refractivity contribution is 0.633. The molecular formula is C14H13N5O. The Hall–Kier alpha value is -2.63. The Morgan fingerprint density at radius 1 is 1.30 bits per heavy atom. The van der Waals surface area contributed by atoms with E-state index in [1.165, 1.54) is 15.6 Å². The molecule has 0 saturated carbocycles. The van der Waals surface area contributed by atoms with Crippen LogP contribution in [0.5, 0.6) is 0 Å². The first-order valence-electron chi connectivity index (χ1n) is 6.57. The summed E-state index contributed by atoms with van der Waals surface area (Å²) in [7, 11) is 0. The second kappa shape index (κ2) is 4.19. The van der Waals surface area contributed by atoms with Crippen LogP contribution in [0.1, 0.15) is 17.0 Å². The minimum atomic E-state index is -0.322. The van der Waals surface area contributed by atoms with E-state index in [9.17, 15) is 4.79 Å². The van der Waals surface area contributed by atoms with Gasteiger partial charge < -0.3 is 5.32 Å². The third kappa shape index (κ3) is 1.69. The molecule has 0 radical (unpaired) electrons. The zero-order chi connectivity index (χ0) is 13.5. The van der Waals surface area contributed by atoms with Crippen LogP contribution in [0.2, 0.25) is 0 Å². The number of anilines is 1. The van der Waals surface area contributed by atoms with Gasteiger partial charge in [0.15, 0.2) is 5.65 Å². The normalized spacial score (nSPS) is 16.7. The number of hydrogen-bond acceptors (Lipinski definition) is 4. The lowest BCUT2D eigenvalue weighted by Gasteiger charge is -2.30. The zero-order valence-corrected chi connectivity index (χ0v) is 10.7. The van der Waals surface area contributed by atoms with Crippen LogP contribution in [-0.4, -0.2) is 26.4 Å². The molecule has 6 nitrogen and oxygen atoms in total. The maximum Gasteiger partial charge on any atom is 0.364 e. The SMILES string of the molecule is O=c1[nH]nc2ccc(NCC3Cc4ccccc43)nn12. The zero-order valence-electron chi connectivity index (χ0n) is 10.7. The van der Waals surface area contributed by atoms with E-state index < -0.39 is 0 Å². The topological polar surface area (TPSA) is 75.1 Å². The lowest BCUT2D eigenvalue weighted by Crippen LogP contribution is -2.25. The molecule has 1 atom stereocenters. The van der Waals surface area contributed by atoms with E-state index in [-0.39, 0.29) is 5.69 Å². The molecule has 20 heavy (non-hydrogen) atoms. The van der Waals surface area contributed by atoms with Crippen molar-refractivity contribution in [3.63, 3.8) is 0 Å². The van der Waals surface area contributed by atoms with Crippen LogP contribution in [0.25, 0.3) is 5.65 Å². The van der Waals surface area contributed by atoms with Crippen molar-refractivity contribution in [2.75, 3.05) is 11.9 Å². The number of benzene rings is 1. The van der Waals surface area contributed by atoms with Gasteiger partial charge in [0.25, 0.3) is 0 Å². The van der Waals surface area contributed by atoms with Crippen LogP contribution in [-0.2, 0) is 6.42 Å². The van der Waals surface area contributed by atoms with Gasteiger partial charge in [-0.1, -0.05) is 24.3 Å². The highest BCUT2D eigenvalue weighted by atomic mass is 16.2. The predicted octanol–water partition coefficient (Wildman–Crippen LogP) is 1.17. The summed E-state index contributed by atoms with van der Waals surface area (Å²) in [6, 6.07) is 12.1. The van der Waals surface area contributed by atoms with Crippen molar-refractivity contribution in [3.05, 3.63) is 58.0 Å². The summed E-state index contributed by atoms with van der Waals surface area (Å²) < 4.78 is 1.26. The van der Waals surface area contributed by atoms with Gasteiger partial charge >= 0.3 is 5.69 Å². The average molecular weight is 267 g/mol. The van der Waals surface area contributed by atoms with E-state index in [1.54, 1.807) is 6.07 Å². The average Bonchev–Trinajstić information content (AvgIpc) is 2.81. The number of H-pyrrole nitrogens is 1. The molecule has 4 rings (SSSR count). The van der Waals surface area contributed by atoms with Gasteiger partial charge in [0.05, 0.1) is 0 Å². The summed E-state index contributed by atoms with van der Waals surface area (Å²) in [6.07, 6.45) is 1.09. The largest absolute Gasteiger partial charge is 0.368 e. The first-order valence-corrected chi connectivity index (χ1v) is 6.57. The van der Waals surface area contributed by atoms with Crippen LogP contribution in [0, 0.1) is 0 Å². The van der Waals surface area contributed by atoms with Gasteiger partial charge in [-0.05, 0) is 29.7 Å². The number of rotatable bonds is 3. The van der Waals surface area contributed by atoms with Crippen molar-refractivity contribution in [1.29, 1.82) is 0 Å². The summed E-state index contributed by atoms with van der Waals surface area (Å²) in [5.74, 6) is 1.20. The monoisotopic (exact) mass is 267 g/mol. The van der Waals surface area contributed by atoms with Gasteiger partial charge in [0.1, 0.15) is 5.82 Å². The minimum absolute atomic E-state index is 0.322. The minimum Gasteiger partial charge on any atom is -0.368 e. The fraction of sp³-hybridized carbons (Fsp3) is 0.214. The molecule has 0 fully saturated rings. The Balaban J connectivity index is 1.52. The van der Waals surface area contributed by atoms with E-state index in [2.05, 4.69) is 44.9 Å². The highest BCUT2D eigenvalue weighted by molar-refractivity contribution is 5.45. The Kier molecular flexibility index (Phi) is 2.35. The number of nitrogens with one attached hydrogen (secondary N) is 2. The maximum atomic E-state index is 11.5. The molecule has 0 amide bonds. The van der Waals surface area contributed by atoms with Crippen molar-refractivity contribution >= 4 is 11.5 Å². The van der Waals surface area contributed by atoms with Gasteiger partial charge in [-0.25, -0.2) is 9.89 Å². The van der Waals surface area contributed by atoms with Crippen molar-refractivity contribution in [3.8, 4) is 0 Å². The predicted molar refractivity (Wildman–Crippen MR) is 75.0 cm³/mol. The molecule has 1 unspecified atom stereocenters. The quantitative estimate of drug-likeness (QED) is 0.747. The second-order valence-electron chi connectivity index (χ2n) is 5.00. The summed E-state index contributed by atoms with van der Waals surface area (Å²) in [5, 5.41) is 13.7. The molecule has 2 aromatic heterocycles. The molecular weight excluding hydrogens is 254 g/mol. The summed E-state index contributed by atoms with van der Waals surface area (Å²) in [5.41, 5.74) is 3.03. The Morgan fingerprint density at radius 3 is 3.10 bits per heavy atom. The molecule has 0 spiro atoms. The lowest BCUT2D eigenvalue weighted by atomic mass is 9.78. The molecule has 0 aliphatic heterocycles. The van der Waals surface area contributed by atoms with Gasteiger partial charge in [0, 0.05) is 12.5 Å². The third-order valence-corrected chi connectivity index (χ3v) is 3.76. The second-order valence-corrected chi connectivity index (χ2v) is 5.00. The Labute approximate surface area is 114 Å². The third-order valence-electron chi connectivity index (χ3n) is 3.76. The van der Waals surface area contributed by atoms with E-state index >= 15 is 0 Å². The van der Waals surface area contributed by atoms with Crippen molar-refractivity contribution in [2.24, 2.45) is 0 Å². The van der Waals surface area contributed by atoms with Crippen LogP contribution in [0.3, 0.4) is 0 Å². The highest BCUT2D eigenvalue weighted by Gasteiger charge is 2.24. The van der Waals surface area contributed by atoms with E-state index in [1.807, 2.05) is 6.07 Å². The summed E-state index contributed by atoms with van der Waals surface area (Å²) in [6.45, 7) is 0.822. The molecule has 6 heteroatoms. The highest BCUT2D eigenvalue weighted by Crippen LogP contribution is 2.34. The number of nitrogens with zero attached hydrogens (tertiary/aromatic N) is 3. The van der Waals surface area contributed by atoms with E-state index in [4.69, 9.17) is 0 Å². The van der Waals surface area contributed by atoms with E-state index in [0.29, 0.717) is 17.4 Å². The van der Waals surface area contributed by atoms with Crippen LogP contribution in [0.4, 0.5) is 5.82 Å². The Bertz CT molecular complexity index is 835. The van der Waals surface area contributed by atoms with Gasteiger partial charge in [-0.15, -0.1) is 5.10 Å². The van der Waals surface area contributed by atoms with Gasteiger partial charge in [-0.3, -0.25) is 0 Å². The van der Waals surface area contributed by atoms with Gasteiger partial charge in [-0.2, -0.15) is 9.61 Å². The molecule has 0 bridgehead atoms. The number of hydrogen-bond donors (Lipinski definition) is 2. The Morgan fingerprint density at radius 2 is 2.20 bits per heavy atom. The molecule has 100 valence electrons.